The monoisotopic (exact) mass is 192 g/mol. The van der Waals surface area contributed by atoms with E-state index in [1.165, 1.54) is 0 Å². The molecule has 1 aromatic rings. The molecular weight excluding hydrogens is 180 g/mol. The van der Waals surface area contributed by atoms with Gasteiger partial charge in [0.1, 0.15) is 6.54 Å². The van der Waals surface area contributed by atoms with E-state index in [9.17, 15) is 4.79 Å². The minimum absolute atomic E-state index is 0.160. The molecular formula is C10H12N2O2. The minimum Gasteiger partial charge on any atom is -0.480 e. The Morgan fingerprint density at radius 1 is 1.50 bits per heavy atom. The van der Waals surface area contributed by atoms with Crippen molar-refractivity contribution < 1.29 is 9.90 Å². The first-order valence-corrected chi connectivity index (χ1v) is 4.10. The second kappa shape index (κ2) is 4.32. The van der Waals surface area contributed by atoms with E-state index >= 15 is 0 Å². The highest BCUT2D eigenvalue weighted by Crippen LogP contribution is 2.16. The Labute approximate surface area is 82.0 Å². The lowest BCUT2D eigenvalue weighted by molar-refractivity contribution is -0.135. The summed E-state index contributed by atoms with van der Waals surface area (Å²) in [5, 5.41) is 11.1. The van der Waals surface area contributed by atoms with Gasteiger partial charge in [-0.25, -0.2) is 0 Å². The molecule has 0 aliphatic rings. The van der Waals surface area contributed by atoms with Gasteiger partial charge in [-0.2, -0.15) is 0 Å². The summed E-state index contributed by atoms with van der Waals surface area (Å²) in [6.07, 6.45) is 0. The SMILES string of the molecule is C=C(NCC(=O)O)c1ccccc1N. The van der Waals surface area contributed by atoms with Crippen molar-refractivity contribution in [3.63, 3.8) is 0 Å². The van der Waals surface area contributed by atoms with E-state index in [0.717, 1.165) is 5.56 Å². The van der Waals surface area contributed by atoms with E-state index in [-0.39, 0.29) is 6.54 Å². The number of carboxylic acid groups (broad SMARTS) is 1. The smallest absolute Gasteiger partial charge is 0.322 e. The second-order valence-corrected chi connectivity index (χ2v) is 2.81. The predicted molar refractivity (Wildman–Crippen MR) is 55.5 cm³/mol. The van der Waals surface area contributed by atoms with Crippen LogP contribution in [0, 0.1) is 0 Å². The molecule has 0 unspecified atom stereocenters. The Hall–Kier alpha value is -1.97. The number of nitrogens with two attached hydrogens (primary N) is 1. The summed E-state index contributed by atoms with van der Waals surface area (Å²) < 4.78 is 0. The largest absolute Gasteiger partial charge is 0.480 e. The first kappa shape index (κ1) is 10.1. The minimum atomic E-state index is -0.930. The molecule has 0 amide bonds. The fourth-order valence-corrected chi connectivity index (χ4v) is 1.05. The summed E-state index contributed by atoms with van der Waals surface area (Å²) in [6, 6.07) is 7.15. The van der Waals surface area contributed by atoms with Crippen LogP contribution in [0.25, 0.3) is 5.70 Å². The van der Waals surface area contributed by atoms with Crippen molar-refractivity contribution in [2.75, 3.05) is 12.3 Å². The molecule has 0 saturated carbocycles. The average molecular weight is 192 g/mol. The number of nitrogens with one attached hydrogen (secondary N) is 1. The fourth-order valence-electron chi connectivity index (χ4n) is 1.05. The van der Waals surface area contributed by atoms with Crippen molar-refractivity contribution in [2.45, 2.75) is 0 Å². The van der Waals surface area contributed by atoms with E-state index in [1.54, 1.807) is 12.1 Å². The first-order valence-electron chi connectivity index (χ1n) is 4.10. The van der Waals surface area contributed by atoms with Gasteiger partial charge < -0.3 is 16.2 Å². The van der Waals surface area contributed by atoms with Crippen molar-refractivity contribution in [3.8, 4) is 0 Å². The van der Waals surface area contributed by atoms with Crippen LogP contribution in [0.4, 0.5) is 5.69 Å². The van der Waals surface area contributed by atoms with E-state index in [2.05, 4.69) is 11.9 Å². The second-order valence-electron chi connectivity index (χ2n) is 2.81. The number of carboxylic acids is 1. The summed E-state index contributed by atoms with van der Waals surface area (Å²) >= 11 is 0. The number of anilines is 1. The zero-order valence-electron chi connectivity index (χ0n) is 7.66. The molecule has 0 bridgehead atoms. The van der Waals surface area contributed by atoms with Gasteiger partial charge in [-0.1, -0.05) is 24.8 Å². The number of hydrogen-bond donors (Lipinski definition) is 3. The lowest BCUT2D eigenvalue weighted by Crippen LogP contribution is -2.20. The molecule has 0 aliphatic heterocycles. The zero-order valence-corrected chi connectivity index (χ0v) is 7.66. The van der Waals surface area contributed by atoms with Crippen LogP contribution >= 0.6 is 0 Å². The maximum absolute atomic E-state index is 10.3. The van der Waals surface area contributed by atoms with E-state index < -0.39 is 5.97 Å². The number of nitrogen functional groups attached to an aromatic ring is 1. The van der Waals surface area contributed by atoms with Gasteiger partial charge in [-0.15, -0.1) is 0 Å². The Kier molecular flexibility index (Phi) is 3.12. The van der Waals surface area contributed by atoms with Crippen molar-refractivity contribution in [1.82, 2.24) is 5.32 Å². The Balaban J connectivity index is 2.70. The number of rotatable bonds is 4. The highest BCUT2D eigenvalue weighted by Gasteiger charge is 2.03. The van der Waals surface area contributed by atoms with Gasteiger partial charge in [0.2, 0.25) is 0 Å². The van der Waals surface area contributed by atoms with Gasteiger partial charge >= 0.3 is 5.97 Å². The zero-order chi connectivity index (χ0) is 10.6. The van der Waals surface area contributed by atoms with Gasteiger partial charge in [0.25, 0.3) is 0 Å². The highest BCUT2D eigenvalue weighted by atomic mass is 16.4. The lowest BCUT2D eigenvalue weighted by Gasteiger charge is -2.09. The van der Waals surface area contributed by atoms with Gasteiger partial charge in [-0.05, 0) is 6.07 Å². The first-order chi connectivity index (χ1) is 6.61. The molecule has 0 fully saturated rings. The number of aliphatic carboxylic acids is 1. The summed E-state index contributed by atoms with van der Waals surface area (Å²) in [7, 11) is 0. The molecule has 0 aromatic heterocycles. The molecule has 0 heterocycles. The van der Waals surface area contributed by atoms with E-state index in [4.69, 9.17) is 10.8 Å². The normalized spacial score (nSPS) is 9.43. The Morgan fingerprint density at radius 3 is 2.71 bits per heavy atom. The number of carbonyl (C=O) groups is 1. The average Bonchev–Trinajstić information content (AvgIpc) is 2.15. The maximum Gasteiger partial charge on any atom is 0.322 e. The maximum atomic E-state index is 10.3. The lowest BCUT2D eigenvalue weighted by atomic mass is 10.1. The number of benzene rings is 1. The van der Waals surface area contributed by atoms with Crippen LogP contribution in [-0.2, 0) is 4.79 Å². The van der Waals surface area contributed by atoms with Gasteiger partial charge in [0.15, 0.2) is 0 Å². The predicted octanol–water partition coefficient (Wildman–Crippen LogP) is 0.914. The summed E-state index contributed by atoms with van der Waals surface area (Å²) in [5.74, 6) is -0.930. The van der Waals surface area contributed by atoms with Crippen LogP contribution in [-0.4, -0.2) is 17.6 Å². The molecule has 0 saturated heterocycles. The van der Waals surface area contributed by atoms with Crippen LogP contribution in [0.3, 0.4) is 0 Å². The molecule has 0 spiro atoms. The summed E-state index contributed by atoms with van der Waals surface area (Å²) in [5.41, 5.74) is 7.51. The third kappa shape index (κ3) is 2.52. The third-order valence-corrected chi connectivity index (χ3v) is 1.74. The van der Waals surface area contributed by atoms with Crippen LogP contribution in [0.1, 0.15) is 5.56 Å². The van der Waals surface area contributed by atoms with Crippen LogP contribution in [0.5, 0.6) is 0 Å². The van der Waals surface area contributed by atoms with Crippen LogP contribution in [0.15, 0.2) is 30.8 Å². The molecule has 0 aliphatic carbocycles. The molecule has 74 valence electrons. The van der Waals surface area contributed by atoms with E-state index in [1.807, 2.05) is 12.1 Å². The third-order valence-electron chi connectivity index (χ3n) is 1.74. The topological polar surface area (TPSA) is 75.3 Å². The van der Waals surface area contributed by atoms with Gasteiger partial charge in [0, 0.05) is 16.9 Å². The summed E-state index contributed by atoms with van der Waals surface area (Å²) in [6.45, 7) is 3.54. The van der Waals surface area contributed by atoms with Gasteiger partial charge in [-0.3, -0.25) is 4.79 Å². The Bertz CT molecular complexity index is 361. The van der Waals surface area contributed by atoms with Crippen molar-refractivity contribution in [3.05, 3.63) is 36.4 Å². The van der Waals surface area contributed by atoms with Crippen molar-refractivity contribution in [1.29, 1.82) is 0 Å². The molecule has 4 N–H and O–H groups in total. The highest BCUT2D eigenvalue weighted by molar-refractivity contribution is 5.76. The quantitative estimate of drug-likeness (QED) is 0.620. The molecule has 4 nitrogen and oxygen atoms in total. The van der Waals surface area contributed by atoms with Crippen molar-refractivity contribution >= 4 is 17.4 Å². The molecule has 0 radical (unpaired) electrons. The van der Waals surface area contributed by atoms with Crippen LogP contribution in [0.2, 0.25) is 0 Å². The molecule has 14 heavy (non-hydrogen) atoms. The molecule has 1 rings (SSSR count). The van der Waals surface area contributed by atoms with Gasteiger partial charge in [0.05, 0.1) is 0 Å². The number of hydrogen-bond acceptors (Lipinski definition) is 3. The van der Waals surface area contributed by atoms with Crippen LogP contribution < -0.4 is 11.1 Å². The molecule has 4 heteroatoms. The number of para-hydroxylation sites is 1. The molecule has 0 atom stereocenters. The Morgan fingerprint density at radius 2 is 2.14 bits per heavy atom. The standard InChI is InChI=1S/C10H12N2O2/c1-7(12-6-10(13)14)8-4-2-3-5-9(8)11/h2-5,12H,1,6,11H2,(H,13,14). The van der Waals surface area contributed by atoms with E-state index in [0.29, 0.717) is 11.4 Å². The fraction of sp³-hybridized carbons (Fsp3) is 0.100. The van der Waals surface area contributed by atoms with Crippen molar-refractivity contribution in [2.24, 2.45) is 0 Å². The molecule has 1 aromatic carbocycles. The summed E-state index contributed by atoms with van der Waals surface area (Å²) in [4.78, 5) is 10.3.